The van der Waals surface area contributed by atoms with Crippen LogP contribution in [0.1, 0.15) is 24.8 Å². The highest BCUT2D eigenvalue weighted by atomic mass is 16.5. The van der Waals surface area contributed by atoms with Gasteiger partial charge in [-0.2, -0.15) is 0 Å². The van der Waals surface area contributed by atoms with Gasteiger partial charge in [0.1, 0.15) is 0 Å². The Kier molecular flexibility index (Phi) is 4.16. The topological polar surface area (TPSA) is 37.0 Å². The van der Waals surface area contributed by atoms with Crippen molar-refractivity contribution in [2.24, 2.45) is 0 Å². The summed E-state index contributed by atoms with van der Waals surface area (Å²) >= 11 is 0. The predicted octanol–water partition coefficient (Wildman–Crippen LogP) is 2.87. The number of aromatic nitrogens is 1. The Balaban J connectivity index is 1.54. The number of H-pyrrole nitrogens is 1. The Bertz CT molecular complexity index is 512. The number of aromatic amines is 1. The molecule has 2 aromatic rings. The summed E-state index contributed by atoms with van der Waals surface area (Å²) in [4.78, 5) is 3.34. The van der Waals surface area contributed by atoms with Crippen molar-refractivity contribution in [3.8, 4) is 0 Å². The Morgan fingerprint density at radius 2 is 2.16 bits per heavy atom. The second-order valence-corrected chi connectivity index (χ2v) is 5.30. The van der Waals surface area contributed by atoms with Crippen molar-refractivity contribution in [3.63, 3.8) is 0 Å². The van der Waals surface area contributed by atoms with Crippen molar-refractivity contribution in [2.45, 2.75) is 31.7 Å². The molecule has 3 nitrogen and oxygen atoms in total. The van der Waals surface area contributed by atoms with Crippen molar-refractivity contribution in [1.82, 2.24) is 10.3 Å². The average molecular weight is 258 g/mol. The molecule has 0 radical (unpaired) electrons. The Hall–Kier alpha value is -1.32. The molecule has 0 aliphatic carbocycles. The molecule has 0 saturated carbocycles. The van der Waals surface area contributed by atoms with Gasteiger partial charge in [-0.15, -0.1) is 0 Å². The molecular formula is C16H22N2O. The predicted molar refractivity (Wildman–Crippen MR) is 78.5 cm³/mol. The number of hydrogen-bond donors (Lipinski definition) is 2. The molecule has 0 spiro atoms. The van der Waals surface area contributed by atoms with Crippen LogP contribution in [0.4, 0.5) is 0 Å². The highest BCUT2D eigenvalue weighted by Gasteiger charge is 2.11. The second kappa shape index (κ2) is 6.22. The van der Waals surface area contributed by atoms with Crippen LogP contribution in [0.25, 0.3) is 10.9 Å². The molecule has 2 N–H and O–H groups in total. The number of rotatable bonds is 4. The minimum atomic E-state index is 0.632. The van der Waals surface area contributed by atoms with E-state index in [0.717, 1.165) is 32.6 Å². The quantitative estimate of drug-likeness (QED) is 0.885. The third-order valence-electron chi connectivity index (χ3n) is 3.95. The van der Waals surface area contributed by atoms with Crippen LogP contribution in [0.15, 0.2) is 30.5 Å². The summed E-state index contributed by atoms with van der Waals surface area (Å²) in [5, 5.41) is 5.03. The molecule has 0 bridgehead atoms. The van der Waals surface area contributed by atoms with E-state index in [4.69, 9.17) is 4.74 Å². The van der Waals surface area contributed by atoms with E-state index < -0.39 is 0 Å². The van der Waals surface area contributed by atoms with E-state index in [9.17, 15) is 0 Å². The van der Waals surface area contributed by atoms with E-state index in [1.165, 1.54) is 29.3 Å². The smallest absolute Gasteiger partial charge is 0.0480 e. The van der Waals surface area contributed by atoms with Gasteiger partial charge in [0.2, 0.25) is 0 Å². The number of benzene rings is 1. The van der Waals surface area contributed by atoms with Crippen molar-refractivity contribution in [1.29, 1.82) is 0 Å². The van der Waals surface area contributed by atoms with Crippen molar-refractivity contribution in [3.05, 3.63) is 36.0 Å². The first-order valence-electron chi connectivity index (χ1n) is 7.29. The first-order chi connectivity index (χ1) is 9.43. The maximum Gasteiger partial charge on any atom is 0.0480 e. The van der Waals surface area contributed by atoms with Crippen molar-refractivity contribution < 1.29 is 4.74 Å². The lowest BCUT2D eigenvalue weighted by Gasteiger charge is -2.15. The fourth-order valence-electron chi connectivity index (χ4n) is 2.86. The van der Waals surface area contributed by atoms with E-state index >= 15 is 0 Å². The third kappa shape index (κ3) is 3.17. The standard InChI is InChI=1S/C16H22N2O/c1-2-6-16-15(5-1)13(12-18-16)7-9-17-14-4-3-10-19-11-8-14/h1-2,5-6,12,14,17-18H,3-4,7-11H2. The molecule has 1 saturated heterocycles. The number of fused-ring (bicyclic) bond motifs is 1. The number of nitrogens with one attached hydrogen (secondary N) is 2. The lowest BCUT2D eigenvalue weighted by atomic mass is 10.1. The number of hydrogen-bond acceptors (Lipinski definition) is 2. The molecule has 1 fully saturated rings. The van der Waals surface area contributed by atoms with Crippen molar-refractivity contribution >= 4 is 10.9 Å². The molecule has 1 atom stereocenters. The van der Waals surface area contributed by atoms with E-state index in [1.54, 1.807) is 0 Å². The molecule has 0 amide bonds. The lowest BCUT2D eigenvalue weighted by Crippen LogP contribution is -2.31. The van der Waals surface area contributed by atoms with Crippen LogP contribution in [0.5, 0.6) is 0 Å². The van der Waals surface area contributed by atoms with Crippen LogP contribution in [0.3, 0.4) is 0 Å². The Morgan fingerprint density at radius 3 is 3.16 bits per heavy atom. The summed E-state index contributed by atoms with van der Waals surface area (Å²) in [6.07, 6.45) is 6.80. The molecule has 1 aromatic heterocycles. The molecule has 2 heterocycles. The summed E-state index contributed by atoms with van der Waals surface area (Å²) in [6, 6.07) is 9.14. The van der Waals surface area contributed by atoms with Crippen LogP contribution in [0, 0.1) is 0 Å². The summed E-state index contributed by atoms with van der Waals surface area (Å²) in [7, 11) is 0. The molecule has 1 aromatic carbocycles. The number of para-hydroxylation sites is 1. The first kappa shape index (κ1) is 12.7. The van der Waals surface area contributed by atoms with Gasteiger partial charge in [-0.1, -0.05) is 18.2 Å². The molecular weight excluding hydrogens is 236 g/mol. The van der Waals surface area contributed by atoms with Gasteiger partial charge >= 0.3 is 0 Å². The van der Waals surface area contributed by atoms with Crippen LogP contribution in [-0.2, 0) is 11.2 Å². The zero-order valence-corrected chi connectivity index (χ0v) is 11.3. The maximum absolute atomic E-state index is 5.49. The molecule has 19 heavy (non-hydrogen) atoms. The molecule has 102 valence electrons. The van der Waals surface area contributed by atoms with E-state index in [0.29, 0.717) is 6.04 Å². The summed E-state index contributed by atoms with van der Waals surface area (Å²) in [6.45, 7) is 2.89. The van der Waals surface area contributed by atoms with Crippen LogP contribution in [-0.4, -0.2) is 30.8 Å². The van der Waals surface area contributed by atoms with Gasteiger partial charge in [-0.3, -0.25) is 0 Å². The van der Waals surface area contributed by atoms with Crippen LogP contribution in [0.2, 0.25) is 0 Å². The Labute approximate surface area is 114 Å². The second-order valence-electron chi connectivity index (χ2n) is 5.30. The first-order valence-corrected chi connectivity index (χ1v) is 7.29. The minimum Gasteiger partial charge on any atom is -0.381 e. The van der Waals surface area contributed by atoms with Gasteiger partial charge in [-0.25, -0.2) is 0 Å². The largest absolute Gasteiger partial charge is 0.381 e. The fourth-order valence-corrected chi connectivity index (χ4v) is 2.86. The summed E-state index contributed by atoms with van der Waals surface area (Å²) < 4.78 is 5.49. The SMILES string of the molecule is c1ccc2c(CCNC3CCCOCC3)c[nH]c2c1. The lowest BCUT2D eigenvalue weighted by molar-refractivity contribution is 0.142. The van der Waals surface area contributed by atoms with E-state index in [2.05, 4.69) is 40.8 Å². The van der Waals surface area contributed by atoms with E-state index in [-0.39, 0.29) is 0 Å². The number of ether oxygens (including phenoxy) is 1. The molecule has 1 unspecified atom stereocenters. The summed E-state index contributed by atoms with van der Waals surface area (Å²) in [5.74, 6) is 0. The van der Waals surface area contributed by atoms with Gasteiger partial charge < -0.3 is 15.0 Å². The summed E-state index contributed by atoms with van der Waals surface area (Å²) in [5.41, 5.74) is 2.65. The van der Waals surface area contributed by atoms with Gasteiger partial charge in [-0.05, 0) is 43.9 Å². The van der Waals surface area contributed by atoms with Crippen LogP contribution < -0.4 is 5.32 Å². The monoisotopic (exact) mass is 258 g/mol. The molecule has 3 heteroatoms. The highest BCUT2D eigenvalue weighted by molar-refractivity contribution is 5.83. The zero-order valence-electron chi connectivity index (χ0n) is 11.3. The fraction of sp³-hybridized carbons (Fsp3) is 0.500. The van der Waals surface area contributed by atoms with Crippen LogP contribution >= 0.6 is 0 Å². The van der Waals surface area contributed by atoms with E-state index in [1.807, 2.05) is 0 Å². The third-order valence-corrected chi connectivity index (χ3v) is 3.95. The highest BCUT2D eigenvalue weighted by Crippen LogP contribution is 2.18. The van der Waals surface area contributed by atoms with Gasteiger partial charge in [0.05, 0.1) is 0 Å². The zero-order chi connectivity index (χ0) is 12.9. The maximum atomic E-state index is 5.49. The molecule has 1 aliphatic heterocycles. The molecule has 3 rings (SSSR count). The van der Waals surface area contributed by atoms with Gasteiger partial charge in [0.25, 0.3) is 0 Å². The average Bonchev–Trinajstić information content (AvgIpc) is 2.68. The van der Waals surface area contributed by atoms with Crippen molar-refractivity contribution in [2.75, 3.05) is 19.8 Å². The Morgan fingerprint density at radius 1 is 1.21 bits per heavy atom. The molecule has 1 aliphatic rings. The normalized spacial score (nSPS) is 20.5. The van der Waals surface area contributed by atoms with Gasteiger partial charge in [0, 0.05) is 36.4 Å². The minimum absolute atomic E-state index is 0.632. The van der Waals surface area contributed by atoms with Gasteiger partial charge in [0.15, 0.2) is 0 Å².